The Kier molecular flexibility index (Phi) is 5.80. The van der Waals surface area contributed by atoms with Crippen molar-refractivity contribution in [2.45, 2.75) is 65.3 Å². The third kappa shape index (κ3) is 4.33. The van der Waals surface area contributed by atoms with E-state index in [1.165, 1.54) is 0 Å². The van der Waals surface area contributed by atoms with Crippen LogP contribution < -0.4 is 0 Å². The van der Waals surface area contributed by atoms with Crippen LogP contribution in [-0.4, -0.2) is 39.6 Å². The summed E-state index contributed by atoms with van der Waals surface area (Å²) in [6.07, 6.45) is 4.23. The summed E-state index contributed by atoms with van der Waals surface area (Å²) in [4.78, 5) is 25.5. The van der Waals surface area contributed by atoms with E-state index < -0.39 is 5.97 Å². The Morgan fingerprint density at radius 3 is 2.74 bits per heavy atom. The second-order valence-electron chi connectivity index (χ2n) is 6.52. The maximum atomic E-state index is 12.8. The predicted octanol–water partition coefficient (Wildman–Crippen LogP) is 2.72. The summed E-state index contributed by atoms with van der Waals surface area (Å²) < 4.78 is 5.17. The predicted molar refractivity (Wildman–Crippen MR) is 85.1 cm³/mol. The molecular weight excluding hydrogens is 296 g/mol. The molecule has 1 amide bonds. The van der Waals surface area contributed by atoms with Crippen LogP contribution in [0.4, 0.5) is 0 Å². The average molecular weight is 322 g/mol. The molecule has 2 heterocycles. The second kappa shape index (κ2) is 7.62. The molecule has 0 radical (unpaired) electrons. The van der Waals surface area contributed by atoms with E-state index in [2.05, 4.69) is 5.16 Å². The highest BCUT2D eigenvalue weighted by Gasteiger charge is 2.30. The first kappa shape index (κ1) is 17.5. The molecule has 6 heteroatoms. The van der Waals surface area contributed by atoms with Gasteiger partial charge in [0.05, 0.1) is 5.69 Å². The number of aliphatic carboxylic acids is 1. The number of carboxylic acids is 1. The van der Waals surface area contributed by atoms with Gasteiger partial charge in [-0.1, -0.05) is 12.1 Å². The summed E-state index contributed by atoms with van der Waals surface area (Å²) in [7, 11) is 0. The van der Waals surface area contributed by atoms with Gasteiger partial charge in [-0.3, -0.25) is 9.59 Å². The van der Waals surface area contributed by atoms with Crippen molar-refractivity contribution in [3.05, 3.63) is 17.0 Å². The van der Waals surface area contributed by atoms with E-state index in [0.717, 1.165) is 42.8 Å². The van der Waals surface area contributed by atoms with Gasteiger partial charge >= 0.3 is 5.97 Å². The molecule has 1 aromatic rings. The maximum Gasteiger partial charge on any atom is 0.303 e. The van der Waals surface area contributed by atoms with Crippen LogP contribution in [0.25, 0.3) is 0 Å². The molecule has 1 N–H and O–H groups in total. The number of aromatic nitrogens is 1. The van der Waals surface area contributed by atoms with Gasteiger partial charge < -0.3 is 14.5 Å². The van der Waals surface area contributed by atoms with Crippen molar-refractivity contribution in [1.82, 2.24) is 10.1 Å². The van der Waals surface area contributed by atoms with Gasteiger partial charge in [0.15, 0.2) is 0 Å². The minimum Gasteiger partial charge on any atom is -0.481 e. The molecular formula is C17H26N2O4. The molecule has 0 aromatic carbocycles. The van der Waals surface area contributed by atoms with Gasteiger partial charge in [0.2, 0.25) is 5.91 Å². The van der Waals surface area contributed by atoms with Gasteiger partial charge in [-0.05, 0) is 46.0 Å². The van der Waals surface area contributed by atoms with Crippen molar-refractivity contribution in [2.24, 2.45) is 5.92 Å². The van der Waals surface area contributed by atoms with Crippen LogP contribution in [0.5, 0.6) is 0 Å². The van der Waals surface area contributed by atoms with Gasteiger partial charge in [-0.25, -0.2) is 0 Å². The first-order valence-electron chi connectivity index (χ1n) is 8.34. The summed E-state index contributed by atoms with van der Waals surface area (Å²) in [6, 6.07) is 0.0551. The number of likely N-dealkylation sites (tertiary alicyclic amines) is 1. The molecule has 1 saturated heterocycles. The minimum atomic E-state index is -0.799. The Balaban J connectivity index is 2.02. The Bertz CT molecular complexity index is 547. The summed E-state index contributed by atoms with van der Waals surface area (Å²) in [5.41, 5.74) is 1.84. The molecule has 0 spiro atoms. The molecule has 2 atom stereocenters. The van der Waals surface area contributed by atoms with E-state index in [9.17, 15) is 9.59 Å². The van der Waals surface area contributed by atoms with E-state index in [-0.39, 0.29) is 24.3 Å². The Morgan fingerprint density at radius 1 is 1.39 bits per heavy atom. The van der Waals surface area contributed by atoms with Crippen LogP contribution in [0, 0.1) is 19.8 Å². The SMILES string of the molecule is Cc1noc(C)c1CC(C)C(=O)N1CCCCC1CCC(=O)O. The Morgan fingerprint density at radius 2 is 2.13 bits per heavy atom. The third-order valence-corrected chi connectivity index (χ3v) is 4.71. The lowest BCUT2D eigenvalue weighted by Gasteiger charge is -2.37. The largest absolute Gasteiger partial charge is 0.481 e. The number of hydrogen-bond acceptors (Lipinski definition) is 4. The topological polar surface area (TPSA) is 83.6 Å². The molecule has 2 rings (SSSR count). The van der Waals surface area contributed by atoms with Gasteiger partial charge in [-0.15, -0.1) is 0 Å². The number of carbonyl (C=O) groups is 2. The summed E-state index contributed by atoms with van der Waals surface area (Å²) in [5.74, 6) is -0.0766. The molecule has 0 bridgehead atoms. The lowest BCUT2D eigenvalue weighted by atomic mass is 9.93. The third-order valence-electron chi connectivity index (χ3n) is 4.71. The highest BCUT2D eigenvalue weighted by atomic mass is 16.5. The Hall–Kier alpha value is -1.85. The normalized spacial score (nSPS) is 19.6. The molecule has 0 saturated carbocycles. The molecule has 1 aromatic heterocycles. The van der Waals surface area contributed by atoms with E-state index in [1.807, 2.05) is 25.7 Å². The summed E-state index contributed by atoms with van der Waals surface area (Å²) >= 11 is 0. The number of amides is 1. The second-order valence-corrected chi connectivity index (χ2v) is 6.52. The number of piperidine rings is 1. The number of hydrogen-bond donors (Lipinski definition) is 1. The van der Waals surface area contributed by atoms with Gasteiger partial charge in [-0.2, -0.15) is 0 Å². The molecule has 1 fully saturated rings. The fourth-order valence-corrected chi connectivity index (χ4v) is 3.35. The number of carbonyl (C=O) groups excluding carboxylic acids is 1. The van der Waals surface area contributed by atoms with Gasteiger partial charge in [0.1, 0.15) is 5.76 Å². The van der Waals surface area contributed by atoms with Crippen LogP contribution in [0.1, 0.15) is 56.0 Å². The maximum absolute atomic E-state index is 12.8. The molecule has 0 aliphatic carbocycles. The monoisotopic (exact) mass is 322 g/mol. The van der Waals surface area contributed by atoms with Gasteiger partial charge in [0.25, 0.3) is 0 Å². The van der Waals surface area contributed by atoms with Crippen LogP contribution in [0.3, 0.4) is 0 Å². The molecule has 1 aliphatic rings. The highest BCUT2D eigenvalue weighted by Crippen LogP contribution is 2.25. The standard InChI is InChI=1S/C17H26N2O4/c1-11(10-15-12(2)18-23-13(15)3)17(22)19-9-5-4-6-14(19)7-8-16(20)21/h11,14H,4-10H2,1-3H3,(H,20,21). The van der Waals surface area contributed by atoms with Gasteiger partial charge in [0, 0.05) is 30.5 Å². The lowest BCUT2D eigenvalue weighted by Crippen LogP contribution is -2.46. The molecule has 23 heavy (non-hydrogen) atoms. The van der Waals surface area contributed by atoms with E-state index in [0.29, 0.717) is 12.8 Å². The van der Waals surface area contributed by atoms with E-state index >= 15 is 0 Å². The van der Waals surface area contributed by atoms with Crippen LogP contribution in [0.15, 0.2) is 4.52 Å². The minimum absolute atomic E-state index is 0.0551. The molecule has 2 unspecified atom stereocenters. The van der Waals surface area contributed by atoms with Crippen molar-refractivity contribution in [2.75, 3.05) is 6.54 Å². The fourth-order valence-electron chi connectivity index (χ4n) is 3.35. The van der Waals surface area contributed by atoms with Crippen LogP contribution >= 0.6 is 0 Å². The zero-order valence-electron chi connectivity index (χ0n) is 14.2. The number of aryl methyl sites for hydroxylation is 2. The highest BCUT2D eigenvalue weighted by molar-refractivity contribution is 5.79. The average Bonchev–Trinajstić information content (AvgIpc) is 2.84. The van der Waals surface area contributed by atoms with E-state index in [4.69, 9.17) is 9.63 Å². The molecule has 1 aliphatic heterocycles. The molecule has 128 valence electrons. The summed E-state index contributed by atoms with van der Waals surface area (Å²) in [6.45, 7) is 6.41. The zero-order valence-corrected chi connectivity index (χ0v) is 14.2. The van der Waals surface area contributed by atoms with Crippen molar-refractivity contribution in [3.63, 3.8) is 0 Å². The number of rotatable bonds is 6. The van der Waals surface area contributed by atoms with E-state index in [1.54, 1.807) is 0 Å². The van der Waals surface area contributed by atoms with Crippen LogP contribution in [-0.2, 0) is 16.0 Å². The quantitative estimate of drug-likeness (QED) is 0.870. The van der Waals surface area contributed by atoms with Crippen molar-refractivity contribution < 1.29 is 19.2 Å². The van der Waals surface area contributed by atoms with Crippen molar-refractivity contribution in [1.29, 1.82) is 0 Å². The zero-order chi connectivity index (χ0) is 17.0. The van der Waals surface area contributed by atoms with Crippen molar-refractivity contribution >= 4 is 11.9 Å². The number of carboxylic acid groups (broad SMARTS) is 1. The Labute approximate surface area is 136 Å². The molecule has 6 nitrogen and oxygen atoms in total. The smallest absolute Gasteiger partial charge is 0.303 e. The summed E-state index contributed by atoms with van der Waals surface area (Å²) in [5, 5.41) is 12.8. The first-order valence-corrected chi connectivity index (χ1v) is 8.34. The fraction of sp³-hybridized carbons (Fsp3) is 0.706. The first-order chi connectivity index (χ1) is 10.9. The number of nitrogens with zero attached hydrogens (tertiary/aromatic N) is 2. The lowest BCUT2D eigenvalue weighted by molar-refractivity contribution is -0.142. The van der Waals surface area contributed by atoms with Crippen LogP contribution in [0.2, 0.25) is 0 Å². The van der Waals surface area contributed by atoms with Crippen molar-refractivity contribution in [3.8, 4) is 0 Å².